The summed E-state index contributed by atoms with van der Waals surface area (Å²) in [5, 5.41) is 8.57. The molecule has 0 aliphatic heterocycles. The van der Waals surface area contributed by atoms with Crippen molar-refractivity contribution in [2.75, 3.05) is 13.2 Å². The molecule has 2 saturated carbocycles. The van der Waals surface area contributed by atoms with Crippen LogP contribution < -0.4 is 0 Å². The maximum absolute atomic E-state index is 15.4. The fourth-order valence-electron chi connectivity index (χ4n) is 4.49. The summed E-state index contributed by atoms with van der Waals surface area (Å²) >= 11 is 0. The molecule has 11 heteroatoms. The number of aliphatic hydroxyl groups is 1. The minimum atomic E-state index is -6.51. The second kappa shape index (κ2) is 5.64. The normalized spacial score (nSPS) is 38.4. The topological polar surface area (TPSA) is 29.5 Å². The van der Waals surface area contributed by atoms with Crippen molar-refractivity contribution in [1.82, 2.24) is 0 Å². The van der Waals surface area contributed by atoms with Gasteiger partial charge in [-0.15, -0.1) is 0 Å². The van der Waals surface area contributed by atoms with Crippen LogP contribution in [0.5, 0.6) is 0 Å². The molecule has 148 valence electrons. The van der Waals surface area contributed by atoms with Crippen LogP contribution in [0.15, 0.2) is 0 Å². The Bertz CT molecular complexity index is 501. The molecule has 5 atom stereocenters. The summed E-state index contributed by atoms with van der Waals surface area (Å²) in [5.74, 6) is -11.1. The number of fused-ring (bicyclic) bond motifs is 2. The number of ether oxygens (including phenoxy) is 1. The lowest BCUT2D eigenvalue weighted by atomic mass is 9.63. The molecule has 2 nitrogen and oxygen atoms in total. The van der Waals surface area contributed by atoms with Gasteiger partial charge in [0.15, 0.2) is 0 Å². The monoisotopic (exact) mass is 388 g/mol. The van der Waals surface area contributed by atoms with Gasteiger partial charge in [0.25, 0.3) is 11.5 Å². The third-order valence-electron chi connectivity index (χ3n) is 5.79. The maximum atomic E-state index is 15.4. The lowest BCUT2D eigenvalue weighted by molar-refractivity contribution is -0.444. The van der Waals surface area contributed by atoms with Crippen molar-refractivity contribution >= 4 is 0 Å². The Balaban J connectivity index is 2.77. The van der Waals surface area contributed by atoms with Crippen LogP contribution in [0.25, 0.3) is 0 Å². The summed E-state index contributed by atoms with van der Waals surface area (Å²) in [6.07, 6.45) is -13.8. The number of halogens is 9. The first kappa shape index (κ1) is 20.6. The molecule has 0 saturated heterocycles. The predicted molar refractivity (Wildman–Crippen MR) is 66.6 cm³/mol. The molecule has 0 spiro atoms. The van der Waals surface area contributed by atoms with Crippen LogP contribution in [0.4, 0.5) is 39.5 Å². The minimum absolute atomic E-state index is 0.803. The van der Waals surface area contributed by atoms with Crippen LogP contribution in [-0.4, -0.2) is 47.9 Å². The minimum Gasteiger partial charge on any atom is -0.394 e. The average Bonchev–Trinajstić information content (AvgIpc) is 2.82. The quantitative estimate of drug-likeness (QED) is 0.735. The Morgan fingerprint density at radius 2 is 1.36 bits per heavy atom. The first-order valence-corrected chi connectivity index (χ1v) is 7.56. The molecular weight excluding hydrogens is 371 g/mol. The van der Waals surface area contributed by atoms with E-state index in [1.54, 1.807) is 0 Å². The highest BCUT2D eigenvalue weighted by Gasteiger charge is 2.93. The van der Waals surface area contributed by atoms with E-state index in [-0.39, 0.29) is 0 Å². The molecular formula is C14H17F9O2. The van der Waals surface area contributed by atoms with Gasteiger partial charge in [-0.1, -0.05) is 13.8 Å². The molecule has 0 aromatic heterocycles. The summed E-state index contributed by atoms with van der Waals surface area (Å²) in [6, 6.07) is 0. The molecule has 0 aromatic rings. The summed E-state index contributed by atoms with van der Waals surface area (Å²) in [6.45, 7) is -0.513. The highest BCUT2D eigenvalue weighted by atomic mass is 19.4. The lowest BCUT2D eigenvalue weighted by Gasteiger charge is -2.53. The van der Waals surface area contributed by atoms with Crippen molar-refractivity contribution in [1.29, 1.82) is 0 Å². The van der Waals surface area contributed by atoms with E-state index in [1.165, 1.54) is 6.92 Å². The third kappa shape index (κ3) is 2.26. The molecule has 1 N–H and O–H groups in total. The van der Waals surface area contributed by atoms with Crippen molar-refractivity contribution in [3.05, 3.63) is 0 Å². The Morgan fingerprint density at radius 3 is 1.72 bits per heavy atom. The summed E-state index contributed by atoms with van der Waals surface area (Å²) < 4.78 is 129. The number of aliphatic hydroxyl groups excluding tert-OH is 1. The third-order valence-corrected chi connectivity index (χ3v) is 5.79. The van der Waals surface area contributed by atoms with Crippen molar-refractivity contribution in [3.63, 3.8) is 0 Å². The van der Waals surface area contributed by atoms with Gasteiger partial charge in [-0.25, -0.2) is 13.2 Å². The van der Waals surface area contributed by atoms with Crippen molar-refractivity contribution < 1.29 is 49.4 Å². The van der Waals surface area contributed by atoms with Crippen LogP contribution in [-0.2, 0) is 4.74 Å². The Labute approximate surface area is 137 Å². The number of hydrogen-bond acceptors (Lipinski definition) is 2. The molecule has 2 rings (SSSR count). The largest absolute Gasteiger partial charge is 0.430 e. The summed E-state index contributed by atoms with van der Waals surface area (Å²) in [7, 11) is 0. The maximum Gasteiger partial charge on any atom is 0.430 e. The summed E-state index contributed by atoms with van der Waals surface area (Å²) in [5.41, 5.74) is -10.8. The van der Waals surface area contributed by atoms with Crippen molar-refractivity contribution in [2.24, 2.45) is 23.7 Å². The second-order valence-corrected chi connectivity index (χ2v) is 6.75. The van der Waals surface area contributed by atoms with E-state index >= 15 is 4.39 Å². The molecule has 0 radical (unpaired) electrons. The van der Waals surface area contributed by atoms with E-state index in [0.29, 0.717) is 0 Å². The van der Waals surface area contributed by atoms with Crippen LogP contribution >= 0.6 is 0 Å². The SMILES string of the molecule is CC1C(C)C2CC1C(F)(F)C2(F)C(OCCO)(C(F)(F)F)C(F)(F)F. The fraction of sp³-hybridized carbons (Fsp3) is 1.00. The van der Waals surface area contributed by atoms with E-state index in [0.717, 1.165) is 6.92 Å². The Kier molecular flexibility index (Phi) is 4.65. The highest BCUT2D eigenvalue weighted by molar-refractivity contribution is 5.28. The van der Waals surface area contributed by atoms with Crippen LogP contribution in [0.1, 0.15) is 20.3 Å². The standard InChI is InChI=1S/C14H17F9O2/c1-6-7(2)9-5-8(6)10(15,11(9,16)17)12(13(18,19)20,14(21,22)23)25-4-3-24/h6-9,24H,3-5H2,1-2H3. The Hall–Kier alpha value is -0.710. The van der Waals surface area contributed by atoms with Gasteiger partial charge in [0.1, 0.15) is 0 Å². The zero-order chi connectivity index (χ0) is 19.6. The first-order chi connectivity index (χ1) is 11.1. The zero-order valence-electron chi connectivity index (χ0n) is 13.2. The average molecular weight is 388 g/mol. The molecule has 2 bridgehead atoms. The first-order valence-electron chi connectivity index (χ1n) is 7.56. The lowest BCUT2D eigenvalue weighted by Crippen LogP contribution is -2.78. The van der Waals surface area contributed by atoms with Gasteiger partial charge >= 0.3 is 12.4 Å². The highest BCUT2D eigenvalue weighted by Crippen LogP contribution is 2.73. The summed E-state index contributed by atoms with van der Waals surface area (Å²) in [4.78, 5) is 0. The van der Waals surface area contributed by atoms with Gasteiger partial charge in [-0.3, -0.25) is 0 Å². The van der Waals surface area contributed by atoms with Crippen molar-refractivity contribution in [2.45, 2.75) is 49.8 Å². The zero-order valence-corrected chi connectivity index (χ0v) is 13.2. The van der Waals surface area contributed by atoms with Crippen LogP contribution in [0.2, 0.25) is 0 Å². The van der Waals surface area contributed by atoms with Gasteiger partial charge in [-0.2, -0.15) is 26.3 Å². The van der Waals surface area contributed by atoms with Crippen molar-refractivity contribution in [3.8, 4) is 0 Å². The van der Waals surface area contributed by atoms with Crippen LogP contribution in [0, 0.1) is 23.7 Å². The van der Waals surface area contributed by atoms with E-state index in [2.05, 4.69) is 4.74 Å². The molecule has 25 heavy (non-hydrogen) atoms. The van der Waals surface area contributed by atoms with Gasteiger partial charge in [-0.05, 0) is 18.3 Å². The Morgan fingerprint density at radius 1 is 0.920 bits per heavy atom. The van der Waals surface area contributed by atoms with E-state index in [1.807, 2.05) is 0 Å². The number of rotatable bonds is 4. The van der Waals surface area contributed by atoms with Gasteiger partial charge in [0.2, 0.25) is 5.67 Å². The van der Waals surface area contributed by atoms with E-state index in [4.69, 9.17) is 5.11 Å². The van der Waals surface area contributed by atoms with Gasteiger partial charge in [0.05, 0.1) is 13.2 Å². The predicted octanol–water partition coefficient (Wildman–Crippen LogP) is 4.12. The number of hydrogen-bond donors (Lipinski definition) is 1. The van der Waals surface area contributed by atoms with Crippen LogP contribution in [0.3, 0.4) is 0 Å². The van der Waals surface area contributed by atoms with Gasteiger partial charge in [0, 0.05) is 11.8 Å². The molecule has 2 aliphatic rings. The molecule has 5 unspecified atom stereocenters. The second-order valence-electron chi connectivity index (χ2n) is 6.75. The fourth-order valence-corrected chi connectivity index (χ4v) is 4.49. The van der Waals surface area contributed by atoms with E-state index in [9.17, 15) is 35.1 Å². The number of alkyl halides is 9. The molecule has 2 aliphatic carbocycles. The molecule has 2 fully saturated rings. The molecule has 0 aromatic carbocycles. The smallest absolute Gasteiger partial charge is 0.394 e. The molecule has 0 heterocycles. The van der Waals surface area contributed by atoms with Gasteiger partial charge < -0.3 is 9.84 Å². The molecule has 0 amide bonds. The van der Waals surface area contributed by atoms with E-state index < -0.39 is 72.9 Å².